The number of aromatic nitrogens is 2. The summed E-state index contributed by atoms with van der Waals surface area (Å²) in [5.74, 6) is 3.19. The van der Waals surface area contributed by atoms with Crippen LogP contribution in [0.4, 0.5) is 0 Å². The third kappa shape index (κ3) is 2.68. The topological polar surface area (TPSA) is 25.8 Å². The van der Waals surface area contributed by atoms with Crippen molar-refractivity contribution in [1.82, 2.24) is 9.97 Å². The third-order valence-electron chi connectivity index (χ3n) is 2.03. The maximum Gasteiger partial charge on any atom is 0.129 e. The van der Waals surface area contributed by atoms with Gasteiger partial charge in [-0.15, -0.1) is 5.54 Å². The molecule has 2 heterocycles. The van der Waals surface area contributed by atoms with E-state index in [1.165, 1.54) is 0 Å². The molecule has 0 saturated heterocycles. The standard InChI is InChI=1S/C13H14N2Si/c1-16(2,3)8-6-11-9-13-12(15-10-11)5-4-7-14-13/h4-5,7,9-10H,1-3H3. The van der Waals surface area contributed by atoms with Gasteiger partial charge in [-0.2, -0.15) is 0 Å². The molecule has 0 radical (unpaired) electrons. The van der Waals surface area contributed by atoms with Gasteiger partial charge in [-0.1, -0.05) is 25.6 Å². The predicted molar refractivity (Wildman–Crippen MR) is 69.8 cm³/mol. The molecule has 0 spiro atoms. The largest absolute Gasteiger partial charge is 0.255 e. The Hall–Kier alpha value is -1.66. The molecule has 2 nitrogen and oxygen atoms in total. The molecule has 2 rings (SSSR count). The van der Waals surface area contributed by atoms with E-state index in [9.17, 15) is 0 Å². The molecule has 0 unspecified atom stereocenters. The van der Waals surface area contributed by atoms with Gasteiger partial charge in [-0.05, 0) is 18.2 Å². The van der Waals surface area contributed by atoms with Crippen molar-refractivity contribution in [3.8, 4) is 11.5 Å². The van der Waals surface area contributed by atoms with Gasteiger partial charge in [0.25, 0.3) is 0 Å². The quantitative estimate of drug-likeness (QED) is 0.510. The fourth-order valence-corrected chi connectivity index (χ4v) is 1.80. The van der Waals surface area contributed by atoms with E-state index in [4.69, 9.17) is 0 Å². The minimum Gasteiger partial charge on any atom is -0.255 e. The molecule has 3 heteroatoms. The van der Waals surface area contributed by atoms with Crippen LogP contribution in [0.1, 0.15) is 5.56 Å². The Morgan fingerprint density at radius 1 is 1.12 bits per heavy atom. The number of fused-ring (bicyclic) bond motifs is 1. The Morgan fingerprint density at radius 3 is 2.69 bits per heavy atom. The van der Waals surface area contributed by atoms with Gasteiger partial charge in [-0.3, -0.25) is 9.97 Å². The Bertz CT molecular complexity index is 573. The van der Waals surface area contributed by atoms with Gasteiger partial charge in [0.05, 0.1) is 11.0 Å². The highest BCUT2D eigenvalue weighted by molar-refractivity contribution is 6.83. The second-order valence-electron chi connectivity index (χ2n) is 4.77. The van der Waals surface area contributed by atoms with Crippen molar-refractivity contribution in [2.24, 2.45) is 0 Å². The molecule has 0 atom stereocenters. The first-order valence-corrected chi connectivity index (χ1v) is 8.78. The van der Waals surface area contributed by atoms with E-state index in [2.05, 4.69) is 41.1 Å². The predicted octanol–water partition coefficient (Wildman–Crippen LogP) is 2.86. The number of nitrogens with zero attached hydrogens (tertiary/aromatic N) is 2. The second kappa shape index (κ2) is 4.07. The summed E-state index contributed by atoms with van der Waals surface area (Å²) >= 11 is 0. The monoisotopic (exact) mass is 226 g/mol. The lowest BCUT2D eigenvalue weighted by Crippen LogP contribution is -2.16. The first kappa shape index (κ1) is 10.8. The van der Waals surface area contributed by atoms with Crippen LogP contribution in [-0.2, 0) is 0 Å². The van der Waals surface area contributed by atoms with Crippen molar-refractivity contribution < 1.29 is 0 Å². The van der Waals surface area contributed by atoms with E-state index < -0.39 is 8.07 Å². The minimum absolute atomic E-state index is 0.907. The summed E-state index contributed by atoms with van der Waals surface area (Å²) < 4.78 is 0. The molecule has 2 aromatic heterocycles. The van der Waals surface area contributed by atoms with Gasteiger partial charge in [0.2, 0.25) is 0 Å². The molecule has 0 fully saturated rings. The van der Waals surface area contributed by atoms with E-state index >= 15 is 0 Å². The van der Waals surface area contributed by atoms with Crippen LogP contribution >= 0.6 is 0 Å². The smallest absolute Gasteiger partial charge is 0.129 e. The Morgan fingerprint density at radius 2 is 1.94 bits per heavy atom. The van der Waals surface area contributed by atoms with Crippen LogP contribution in [0.5, 0.6) is 0 Å². The first-order valence-electron chi connectivity index (χ1n) is 5.28. The molecule has 0 N–H and O–H groups in total. The lowest BCUT2D eigenvalue weighted by molar-refractivity contribution is 1.33. The van der Waals surface area contributed by atoms with Crippen molar-refractivity contribution in [2.45, 2.75) is 19.6 Å². The number of pyridine rings is 2. The maximum atomic E-state index is 4.33. The molecule has 0 aromatic carbocycles. The zero-order valence-electron chi connectivity index (χ0n) is 9.78. The van der Waals surface area contributed by atoms with Crippen molar-refractivity contribution in [1.29, 1.82) is 0 Å². The highest BCUT2D eigenvalue weighted by atomic mass is 28.3. The maximum absolute atomic E-state index is 4.33. The van der Waals surface area contributed by atoms with Gasteiger partial charge in [0, 0.05) is 18.0 Å². The average molecular weight is 226 g/mol. The van der Waals surface area contributed by atoms with Crippen molar-refractivity contribution in [3.63, 3.8) is 0 Å². The Balaban J connectivity index is 2.43. The molecule has 0 aliphatic rings. The molecular formula is C13H14N2Si. The fraction of sp³-hybridized carbons (Fsp3) is 0.231. The summed E-state index contributed by atoms with van der Waals surface area (Å²) in [6.45, 7) is 6.69. The van der Waals surface area contributed by atoms with Crippen LogP contribution in [-0.4, -0.2) is 18.0 Å². The van der Waals surface area contributed by atoms with E-state index in [-0.39, 0.29) is 0 Å². The highest BCUT2D eigenvalue weighted by Gasteiger charge is 2.07. The fourth-order valence-electron chi connectivity index (χ4n) is 1.28. The molecular weight excluding hydrogens is 212 g/mol. The summed E-state index contributed by atoms with van der Waals surface area (Å²) in [6, 6.07) is 5.84. The average Bonchev–Trinajstić information content (AvgIpc) is 2.25. The van der Waals surface area contributed by atoms with Crippen LogP contribution in [0.25, 0.3) is 11.0 Å². The summed E-state index contributed by atoms with van der Waals surface area (Å²) in [7, 11) is -1.32. The van der Waals surface area contributed by atoms with Crippen molar-refractivity contribution in [2.75, 3.05) is 0 Å². The van der Waals surface area contributed by atoms with Crippen LogP contribution in [0, 0.1) is 11.5 Å². The molecule has 0 bridgehead atoms. The summed E-state index contributed by atoms with van der Waals surface area (Å²) in [5, 5.41) is 0. The molecule has 0 aliphatic heterocycles. The first-order chi connectivity index (χ1) is 7.54. The Kier molecular flexibility index (Phi) is 2.76. The number of rotatable bonds is 0. The second-order valence-corrected chi connectivity index (χ2v) is 9.52. The minimum atomic E-state index is -1.32. The molecule has 2 aromatic rings. The summed E-state index contributed by atoms with van der Waals surface area (Å²) in [6.07, 6.45) is 3.59. The molecule has 0 aliphatic carbocycles. The van der Waals surface area contributed by atoms with Crippen molar-refractivity contribution >= 4 is 19.1 Å². The van der Waals surface area contributed by atoms with Gasteiger partial charge >= 0.3 is 0 Å². The lowest BCUT2D eigenvalue weighted by atomic mass is 10.2. The molecule has 80 valence electrons. The van der Waals surface area contributed by atoms with Crippen LogP contribution in [0.3, 0.4) is 0 Å². The SMILES string of the molecule is C[Si](C)(C)C#Cc1cnc2cccnc2c1. The van der Waals surface area contributed by atoms with Gasteiger partial charge in [0.1, 0.15) is 8.07 Å². The zero-order valence-corrected chi connectivity index (χ0v) is 10.8. The Labute approximate surface area is 96.8 Å². The molecule has 0 amide bonds. The van der Waals surface area contributed by atoms with E-state index in [1.807, 2.05) is 24.4 Å². The summed E-state index contributed by atoms with van der Waals surface area (Å²) in [5.41, 5.74) is 6.10. The number of hydrogen-bond acceptors (Lipinski definition) is 2. The van der Waals surface area contributed by atoms with Crippen LogP contribution in [0.15, 0.2) is 30.6 Å². The normalized spacial score (nSPS) is 10.9. The van der Waals surface area contributed by atoms with E-state index in [1.54, 1.807) is 6.20 Å². The van der Waals surface area contributed by atoms with Crippen molar-refractivity contribution in [3.05, 3.63) is 36.2 Å². The lowest BCUT2D eigenvalue weighted by Gasteiger charge is -2.03. The van der Waals surface area contributed by atoms with Crippen LogP contribution in [0.2, 0.25) is 19.6 Å². The highest BCUT2D eigenvalue weighted by Crippen LogP contribution is 2.09. The summed E-state index contributed by atoms with van der Waals surface area (Å²) in [4.78, 5) is 8.60. The molecule has 0 saturated carbocycles. The van der Waals surface area contributed by atoms with Gasteiger partial charge in [-0.25, -0.2) is 0 Å². The number of hydrogen-bond donors (Lipinski definition) is 0. The van der Waals surface area contributed by atoms with Crippen LogP contribution < -0.4 is 0 Å². The van der Waals surface area contributed by atoms with E-state index in [0.29, 0.717) is 0 Å². The molecule has 16 heavy (non-hydrogen) atoms. The zero-order chi connectivity index (χ0) is 11.6. The van der Waals surface area contributed by atoms with Gasteiger partial charge < -0.3 is 0 Å². The van der Waals surface area contributed by atoms with Gasteiger partial charge in [0.15, 0.2) is 0 Å². The van der Waals surface area contributed by atoms with E-state index in [0.717, 1.165) is 16.6 Å². The third-order valence-corrected chi connectivity index (χ3v) is 2.91.